The number of benzene rings is 2. The Kier molecular flexibility index (Phi) is 5.33. The van der Waals surface area contributed by atoms with Gasteiger partial charge in [-0.25, -0.2) is 4.79 Å². The molecule has 1 saturated heterocycles. The summed E-state index contributed by atoms with van der Waals surface area (Å²) < 4.78 is 5.46. The minimum atomic E-state index is -0.421. The molecule has 1 fully saturated rings. The molecule has 3 rings (SSSR count). The fourth-order valence-electron chi connectivity index (χ4n) is 3.25. The van der Waals surface area contributed by atoms with Crippen LogP contribution >= 0.6 is 0 Å². The molecule has 2 aromatic carbocycles. The Morgan fingerprint density at radius 3 is 2.73 bits per heavy atom. The predicted octanol–water partition coefficient (Wildman–Crippen LogP) is 3.91. The molecule has 0 N–H and O–H groups in total. The Bertz CT molecular complexity index is 855. The van der Waals surface area contributed by atoms with Crippen LogP contribution in [0.5, 0.6) is 0 Å². The van der Waals surface area contributed by atoms with Crippen LogP contribution in [0.1, 0.15) is 41.1 Å². The summed E-state index contributed by atoms with van der Waals surface area (Å²) in [6, 6.07) is 16.6. The molecule has 1 aliphatic rings. The van der Waals surface area contributed by atoms with E-state index >= 15 is 0 Å². The van der Waals surface area contributed by atoms with Gasteiger partial charge in [0.15, 0.2) is 0 Å². The highest BCUT2D eigenvalue weighted by Gasteiger charge is 2.33. The number of carbonyl (C=O) groups is 2. The molecule has 26 heavy (non-hydrogen) atoms. The number of hydrogen-bond donors (Lipinski definition) is 0. The summed E-state index contributed by atoms with van der Waals surface area (Å²) in [7, 11) is 0. The maximum atomic E-state index is 12.6. The van der Waals surface area contributed by atoms with Gasteiger partial charge in [-0.3, -0.25) is 4.79 Å². The number of carbonyl (C=O) groups excluding carboxylic acids is 2. The van der Waals surface area contributed by atoms with Gasteiger partial charge < -0.3 is 9.64 Å². The minimum absolute atomic E-state index is 0.130. The van der Waals surface area contributed by atoms with E-state index in [0.717, 1.165) is 16.7 Å². The van der Waals surface area contributed by atoms with Crippen molar-refractivity contribution in [3.05, 3.63) is 70.8 Å². The van der Waals surface area contributed by atoms with E-state index in [1.165, 1.54) is 0 Å². The quantitative estimate of drug-likeness (QED) is 0.843. The number of piperidine rings is 1. The van der Waals surface area contributed by atoms with Gasteiger partial charge in [0.05, 0.1) is 17.7 Å². The Morgan fingerprint density at radius 1 is 1.27 bits per heavy atom. The summed E-state index contributed by atoms with van der Waals surface area (Å²) in [6.07, 6.45) is 0.189. The Balaban J connectivity index is 1.79. The first-order valence-corrected chi connectivity index (χ1v) is 8.58. The molecule has 0 radical (unpaired) electrons. The van der Waals surface area contributed by atoms with Crippen LogP contribution in [0, 0.1) is 18.3 Å². The monoisotopic (exact) mass is 348 g/mol. The van der Waals surface area contributed by atoms with Crippen molar-refractivity contribution in [3.63, 3.8) is 0 Å². The van der Waals surface area contributed by atoms with Crippen molar-refractivity contribution in [3.8, 4) is 6.07 Å². The van der Waals surface area contributed by atoms with Gasteiger partial charge >= 0.3 is 6.09 Å². The molecule has 1 aliphatic heterocycles. The second-order valence-electron chi connectivity index (χ2n) is 6.43. The topological polar surface area (TPSA) is 70.4 Å². The zero-order chi connectivity index (χ0) is 18.5. The second-order valence-corrected chi connectivity index (χ2v) is 6.43. The number of aryl methyl sites for hydroxylation is 1. The van der Waals surface area contributed by atoms with Crippen LogP contribution in [0.4, 0.5) is 4.79 Å². The van der Waals surface area contributed by atoms with Gasteiger partial charge in [-0.2, -0.15) is 5.26 Å². The van der Waals surface area contributed by atoms with Crippen LogP contribution in [-0.2, 0) is 16.1 Å². The average Bonchev–Trinajstić information content (AvgIpc) is 2.66. The number of rotatable bonds is 3. The lowest BCUT2D eigenvalue weighted by Gasteiger charge is -2.35. The van der Waals surface area contributed by atoms with E-state index in [4.69, 9.17) is 10.00 Å². The Morgan fingerprint density at radius 2 is 2.04 bits per heavy atom. The van der Waals surface area contributed by atoms with Crippen LogP contribution in [-0.4, -0.2) is 23.3 Å². The highest BCUT2D eigenvalue weighted by molar-refractivity contribution is 5.82. The third-order valence-electron chi connectivity index (χ3n) is 4.63. The van der Waals surface area contributed by atoms with Crippen molar-refractivity contribution < 1.29 is 14.3 Å². The van der Waals surface area contributed by atoms with Gasteiger partial charge in [-0.15, -0.1) is 0 Å². The lowest BCUT2D eigenvalue weighted by Crippen LogP contribution is -2.41. The zero-order valence-corrected chi connectivity index (χ0v) is 14.6. The summed E-state index contributed by atoms with van der Waals surface area (Å²) in [6.45, 7) is 2.43. The van der Waals surface area contributed by atoms with Crippen LogP contribution < -0.4 is 0 Å². The van der Waals surface area contributed by atoms with Crippen molar-refractivity contribution in [2.75, 3.05) is 6.54 Å². The van der Waals surface area contributed by atoms with E-state index in [2.05, 4.69) is 6.07 Å². The number of likely N-dealkylation sites (tertiary alicyclic amines) is 1. The molecule has 0 bridgehead atoms. The molecule has 5 heteroatoms. The number of ether oxygens (including phenoxy) is 1. The minimum Gasteiger partial charge on any atom is -0.445 e. The maximum absolute atomic E-state index is 12.6. The normalized spacial score (nSPS) is 16.8. The number of nitriles is 1. The van der Waals surface area contributed by atoms with Crippen molar-refractivity contribution in [2.24, 2.45) is 0 Å². The first kappa shape index (κ1) is 17.7. The van der Waals surface area contributed by atoms with Gasteiger partial charge in [0.25, 0.3) is 0 Å². The summed E-state index contributed by atoms with van der Waals surface area (Å²) in [5, 5.41) is 9.04. The van der Waals surface area contributed by atoms with Gasteiger partial charge in [0.1, 0.15) is 12.4 Å². The SMILES string of the molecule is Cc1cc(C#N)ccc1C1CC(=O)CCN1C(=O)OCc1ccccc1. The average molecular weight is 348 g/mol. The Labute approximate surface area is 152 Å². The van der Waals surface area contributed by atoms with Crippen molar-refractivity contribution in [2.45, 2.75) is 32.4 Å². The molecular formula is C21H20N2O3. The third kappa shape index (κ3) is 3.92. The van der Waals surface area contributed by atoms with Crippen molar-refractivity contribution in [1.29, 1.82) is 5.26 Å². The van der Waals surface area contributed by atoms with Gasteiger partial charge in [-0.1, -0.05) is 36.4 Å². The second kappa shape index (κ2) is 7.83. The largest absolute Gasteiger partial charge is 0.445 e. The standard InChI is InChI=1S/C21H20N2O3/c1-15-11-17(13-22)7-8-19(15)20-12-18(24)9-10-23(20)21(25)26-14-16-5-3-2-4-6-16/h2-8,11,20H,9-10,12,14H2,1H3. The van der Waals surface area contributed by atoms with Gasteiger partial charge in [0, 0.05) is 19.4 Å². The fourth-order valence-corrected chi connectivity index (χ4v) is 3.25. The molecule has 1 atom stereocenters. The first-order chi connectivity index (χ1) is 12.6. The summed E-state index contributed by atoms with van der Waals surface area (Å²) in [5.41, 5.74) is 3.25. The van der Waals surface area contributed by atoms with Crippen molar-refractivity contribution >= 4 is 11.9 Å². The van der Waals surface area contributed by atoms with Gasteiger partial charge in [0.2, 0.25) is 0 Å². The molecular weight excluding hydrogens is 328 g/mol. The molecule has 1 amide bonds. The number of Topliss-reactive ketones (excluding diaryl/α,β-unsaturated/α-hetero) is 1. The molecule has 1 heterocycles. The predicted molar refractivity (Wildman–Crippen MR) is 96.2 cm³/mol. The summed E-state index contributed by atoms with van der Waals surface area (Å²) in [5.74, 6) is 0.130. The lowest BCUT2D eigenvalue weighted by molar-refractivity contribution is -0.122. The molecule has 0 aliphatic carbocycles. The molecule has 0 aromatic heterocycles. The van der Waals surface area contributed by atoms with Crippen LogP contribution in [0.3, 0.4) is 0 Å². The summed E-state index contributed by atoms with van der Waals surface area (Å²) >= 11 is 0. The third-order valence-corrected chi connectivity index (χ3v) is 4.63. The highest BCUT2D eigenvalue weighted by atomic mass is 16.6. The molecule has 132 valence electrons. The van der Waals surface area contributed by atoms with Crippen LogP contribution in [0.15, 0.2) is 48.5 Å². The van der Waals surface area contributed by atoms with E-state index in [0.29, 0.717) is 18.5 Å². The van der Waals surface area contributed by atoms with E-state index < -0.39 is 6.09 Å². The molecule has 0 saturated carbocycles. The van der Waals surface area contributed by atoms with Crippen LogP contribution in [0.2, 0.25) is 0 Å². The number of amides is 1. The maximum Gasteiger partial charge on any atom is 0.410 e. The smallest absolute Gasteiger partial charge is 0.410 e. The van der Waals surface area contributed by atoms with Crippen molar-refractivity contribution in [1.82, 2.24) is 4.90 Å². The molecule has 5 nitrogen and oxygen atoms in total. The molecule has 1 unspecified atom stereocenters. The van der Waals surface area contributed by atoms with E-state index in [1.54, 1.807) is 17.0 Å². The van der Waals surface area contributed by atoms with E-state index in [9.17, 15) is 9.59 Å². The summed E-state index contributed by atoms with van der Waals surface area (Å²) in [4.78, 5) is 26.3. The molecule has 0 spiro atoms. The first-order valence-electron chi connectivity index (χ1n) is 8.58. The van der Waals surface area contributed by atoms with E-state index in [-0.39, 0.29) is 24.9 Å². The van der Waals surface area contributed by atoms with Gasteiger partial charge in [-0.05, 0) is 35.7 Å². The zero-order valence-electron chi connectivity index (χ0n) is 14.6. The molecule has 2 aromatic rings. The number of nitrogens with zero attached hydrogens (tertiary/aromatic N) is 2. The van der Waals surface area contributed by atoms with Crippen LogP contribution in [0.25, 0.3) is 0 Å². The van der Waals surface area contributed by atoms with E-state index in [1.807, 2.05) is 43.3 Å². The highest BCUT2D eigenvalue weighted by Crippen LogP contribution is 2.32. The lowest BCUT2D eigenvalue weighted by atomic mass is 9.91. The Hall–Kier alpha value is -3.13. The number of ketones is 1. The number of hydrogen-bond acceptors (Lipinski definition) is 4. The fraction of sp³-hybridized carbons (Fsp3) is 0.286.